The maximum Gasteiger partial charge on any atom is 0.160 e. The van der Waals surface area contributed by atoms with Gasteiger partial charge in [-0.25, -0.2) is 0 Å². The Labute approximate surface area is 81.6 Å². The lowest BCUT2D eigenvalue weighted by Crippen LogP contribution is -1.88. The van der Waals surface area contributed by atoms with Crippen molar-refractivity contribution in [2.45, 2.75) is 0 Å². The molecule has 2 rings (SSSR count). The minimum Gasteiger partial charge on any atom is -0.398 e. The maximum atomic E-state index is 5.51. The monoisotopic (exact) mass is 206 g/mol. The molecule has 0 amide bonds. The van der Waals surface area contributed by atoms with Crippen molar-refractivity contribution in [1.29, 1.82) is 0 Å². The zero-order valence-electron chi connectivity index (χ0n) is 6.04. The summed E-state index contributed by atoms with van der Waals surface area (Å²) in [5.41, 5.74) is 7.04. The minimum absolute atomic E-state index is 0. The second kappa shape index (κ2) is 4.13. The van der Waals surface area contributed by atoms with Crippen LogP contribution >= 0.6 is 24.8 Å². The smallest absolute Gasteiger partial charge is 0.160 e. The van der Waals surface area contributed by atoms with Crippen LogP contribution in [0.3, 0.4) is 0 Å². The molecular weight excluding hydrogens is 199 g/mol. The fourth-order valence-corrected chi connectivity index (χ4v) is 0.845. The number of nitrogens with zero attached hydrogens (tertiary/aromatic N) is 3. The summed E-state index contributed by atoms with van der Waals surface area (Å²) in [6.45, 7) is 0. The summed E-state index contributed by atoms with van der Waals surface area (Å²) < 4.78 is 1.77. The highest BCUT2D eigenvalue weighted by molar-refractivity contribution is 5.85. The summed E-state index contributed by atoms with van der Waals surface area (Å²) in [7, 11) is 0. The molecule has 0 saturated heterocycles. The molecule has 0 saturated carbocycles. The molecule has 2 N–H and O–H groups in total. The van der Waals surface area contributed by atoms with Gasteiger partial charge in [0.2, 0.25) is 0 Å². The third-order valence-electron chi connectivity index (χ3n) is 1.31. The quantitative estimate of drug-likeness (QED) is 0.704. The van der Waals surface area contributed by atoms with Crippen LogP contribution in [0.2, 0.25) is 0 Å². The van der Waals surface area contributed by atoms with Crippen molar-refractivity contribution in [3.63, 3.8) is 0 Å². The summed E-state index contributed by atoms with van der Waals surface area (Å²) in [4.78, 5) is 0. The fourth-order valence-electron chi connectivity index (χ4n) is 0.845. The van der Waals surface area contributed by atoms with Gasteiger partial charge in [-0.3, -0.25) is 4.40 Å². The number of hydrogen-bond donors (Lipinski definition) is 1. The predicted octanol–water partition coefficient (Wildman–Crippen LogP) is 1.16. The molecule has 0 bridgehead atoms. The molecule has 0 unspecified atom stereocenters. The third kappa shape index (κ3) is 1.78. The van der Waals surface area contributed by atoms with Crippen LogP contribution in [0.15, 0.2) is 24.7 Å². The number of halogens is 2. The zero-order valence-corrected chi connectivity index (χ0v) is 7.68. The first kappa shape index (κ1) is 11.0. The van der Waals surface area contributed by atoms with Gasteiger partial charge in [0, 0.05) is 11.9 Å². The highest BCUT2D eigenvalue weighted by atomic mass is 35.5. The molecule has 0 radical (unpaired) electrons. The number of anilines is 1. The number of nitrogen functional groups attached to an aromatic ring is 1. The van der Waals surface area contributed by atoms with Crippen molar-refractivity contribution >= 4 is 36.1 Å². The Morgan fingerprint density at radius 2 is 2.00 bits per heavy atom. The van der Waals surface area contributed by atoms with Crippen LogP contribution in [0, 0.1) is 0 Å². The molecular formula is C6H8Cl2N4. The van der Waals surface area contributed by atoms with E-state index in [4.69, 9.17) is 5.73 Å². The van der Waals surface area contributed by atoms with Gasteiger partial charge < -0.3 is 5.73 Å². The van der Waals surface area contributed by atoms with E-state index in [1.54, 1.807) is 23.0 Å². The SMILES string of the molecule is Cl.Cl.Nc1ccc2nncn2c1. The Hall–Kier alpha value is -1.00. The van der Waals surface area contributed by atoms with Gasteiger partial charge in [-0.2, -0.15) is 0 Å². The highest BCUT2D eigenvalue weighted by Gasteiger charge is 1.91. The first-order valence-corrected chi connectivity index (χ1v) is 2.91. The zero-order chi connectivity index (χ0) is 6.97. The number of aromatic nitrogens is 3. The standard InChI is InChI=1S/C6H6N4.2ClH/c7-5-1-2-6-9-8-4-10(6)3-5;;/h1-4H,7H2;2*1H. The minimum atomic E-state index is 0. The molecule has 6 heteroatoms. The van der Waals surface area contributed by atoms with Crippen LogP contribution in [0.5, 0.6) is 0 Å². The van der Waals surface area contributed by atoms with Gasteiger partial charge in [0.15, 0.2) is 5.65 Å². The molecule has 12 heavy (non-hydrogen) atoms. The first-order chi connectivity index (χ1) is 4.86. The summed E-state index contributed by atoms with van der Waals surface area (Å²) in [6, 6.07) is 3.62. The number of nitrogens with two attached hydrogens (primary N) is 1. The summed E-state index contributed by atoms with van der Waals surface area (Å²) in [5, 5.41) is 7.52. The van der Waals surface area contributed by atoms with Crippen LogP contribution in [0.25, 0.3) is 5.65 Å². The van der Waals surface area contributed by atoms with Crippen LogP contribution in [0.1, 0.15) is 0 Å². The van der Waals surface area contributed by atoms with Gasteiger partial charge in [-0.1, -0.05) is 0 Å². The second-order valence-corrected chi connectivity index (χ2v) is 2.06. The fraction of sp³-hybridized carbons (Fsp3) is 0. The molecule has 0 aliphatic heterocycles. The average molecular weight is 207 g/mol. The Morgan fingerprint density at radius 3 is 2.75 bits per heavy atom. The molecule has 2 aromatic heterocycles. The number of rotatable bonds is 0. The summed E-state index contributed by atoms with van der Waals surface area (Å²) >= 11 is 0. The number of fused-ring (bicyclic) bond motifs is 1. The predicted molar refractivity (Wildman–Crippen MR) is 51.9 cm³/mol. The molecule has 0 atom stereocenters. The molecule has 2 heterocycles. The highest BCUT2D eigenvalue weighted by Crippen LogP contribution is 2.03. The van der Waals surface area contributed by atoms with Crippen molar-refractivity contribution in [3.05, 3.63) is 24.7 Å². The van der Waals surface area contributed by atoms with Crippen molar-refractivity contribution in [2.75, 3.05) is 5.73 Å². The molecule has 0 spiro atoms. The molecule has 0 aliphatic rings. The van der Waals surface area contributed by atoms with E-state index in [9.17, 15) is 0 Å². The van der Waals surface area contributed by atoms with E-state index in [1.807, 2.05) is 6.07 Å². The Balaban J connectivity index is 0.000000605. The lowest BCUT2D eigenvalue weighted by Gasteiger charge is -1.91. The van der Waals surface area contributed by atoms with E-state index in [0.717, 1.165) is 5.65 Å². The van der Waals surface area contributed by atoms with E-state index in [-0.39, 0.29) is 24.8 Å². The van der Waals surface area contributed by atoms with Crippen LogP contribution < -0.4 is 5.73 Å². The van der Waals surface area contributed by atoms with Gasteiger partial charge >= 0.3 is 0 Å². The van der Waals surface area contributed by atoms with E-state index in [2.05, 4.69) is 10.2 Å². The molecule has 0 aromatic carbocycles. The molecule has 4 nitrogen and oxygen atoms in total. The molecule has 66 valence electrons. The lowest BCUT2D eigenvalue weighted by molar-refractivity contribution is 1.10. The second-order valence-electron chi connectivity index (χ2n) is 2.06. The van der Waals surface area contributed by atoms with Crippen molar-refractivity contribution in [2.24, 2.45) is 0 Å². The average Bonchev–Trinajstić information content (AvgIpc) is 2.33. The van der Waals surface area contributed by atoms with Gasteiger partial charge in [0.1, 0.15) is 6.33 Å². The van der Waals surface area contributed by atoms with Gasteiger partial charge in [-0.05, 0) is 12.1 Å². The van der Waals surface area contributed by atoms with Gasteiger partial charge in [0.05, 0.1) is 0 Å². The molecule has 0 fully saturated rings. The summed E-state index contributed by atoms with van der Waals surface area (Å²) in [5.74, 6) is 0. The largest absolute Gasteiger partial charge is 0.398 e. The van der Waals surface area contributed by atoms with Crippen LogP contribution in [-0.2, 0) is 0 Å². The molecule has 2 aromatic rings. The third-order valence-corrected chi connectivity index (χ3v) is 1.31. The van der Waals surface area contributed by atoms with Crippen molar-refractivity contribution in [1.82, 2.24) is 14.6 Å². The first-order valence-electron chi connectivity index (χ1n) is 2.91. The van der Waals surface area contributed by atoms with Crippen molar-refractivity contribution in [3.8, 4) is 0 Å². The van der Waals surface area contributed by atoms with Crippen LogP contribution in [-0.4, -0.2) is 14.6 Å². The topological polar surface area (TPSA) is 56.2 Å². The van der Waals surface area contributed by atoms with E-state index < -0.39 is 0 Å². The van der Waals surface area contributed by atoms with Crippen LogP contribution in [0.4, 0.5) is 5.69 Å². The Morgan fingerprint density at radius 1 is 1.25 bits per heavy atom. The van der Waals surface area contributed by atoms with E-state index in [1.165, 1.54) is 0 Å². The van der Waals surface area contributed by atoms with E-state index >= 15 is 0 Å². The van der Waals surface area contributed by atoms with Gasteiger partial charge in [-0.15, -0.1) is 35.0 Å². The van der Waals surface area contributed by atoms with Gasteiger partial charge in [0.25, 0.3) is 0 Å². The normalized spacial score (nSPS) is 8.67. The van der Waals surface area contributed by atoms with Crippen molar-refractivity contribution < 1.29 is 0 Å². The Kier molecular flexibility index (Phi) is 3.79. The van der Waals surface area contributed by atoms with E-state index in [0.29, 0.717) is 5.69 Å². The number of hydrogen-bond acceptors (Lipinski definition) is 3. The maximum absolute atomic E-state index is 5.51. The molecule has 0 aliphatic carbocycles. The Bertz CT molecular complexity index is 359. The summed E-state index contributed by atoms with van der Waals surface area (Å²) in [6.07, 6.45) is 3.39. The number of pyridine rings is 1. The lowest BCUT2D eigenvalue weighted by atomic mass is 10.4.